The van der Waals surface area contributed by atoms with E-state index in [4.69, 9.17) is 9.47 Å². The molecule has 6 nitrogen and oxygen atoms in total. The van der Waals surface area contributed by atoms with Crippen LogP contribution in [0.25, 0.3) is 0 Å². The number of hydrogen-bond acceptors (Lipinski definition) is 5. The van der Waals surface area contributed by atoms with Gasteiger partial charge >= 0.3 is 5.97 Å². The van der Waals surface area contributed by atoms with Gasteiger partial charge in [0.15, 0.2) is 0 Å². The molecule has 0 aliphatic carbocycles. The van der Waals surface area contributed by atoms with E-state index in [0.29, 0.717) is 13.2 Å². The highest BCUT2D eigenvalue weighted by Gasteiger charge is 2.26. The van der Waals surface area contributed by atoms with Gasteiger partial charge in [-0.2, -0.15) is 0 Å². The van der Waals surface area contributed by atoms with E-state index in [1.807, 2.05) is 0 Å². The molecule has 0 radical (unpaired) electrons. The highest BCUT2D eigenvalue weighted by molar-refractivity contribution is 5.83. The zero-order chi connectivity index (χ0) is 11.4. The van der Waals surface area contributed by atoms with Crippen molar-refractivity contribution in [2.45, 2.75) is 25.0 Å². The van der Waals surface area contributed by atoms with Crippen LogP contribution in [0, 0.1) is 0 Å². The molecule has 0 aromatic heterocycles. The molecular weight excluding hydrogens is 212 g/mol. The van der Waals surface area contributed by atoms with Gasteiger partial charge in [0.05, 0.1) is 12.6 Å². The van der Waals surface area contributed by atoms with Crippen LogP contribution in [0.2, 0.25) is 0 Å². The highest BCUT2D eigenvalue weighted by atomic mass is 16.6. The van der Waals surface area contributed by atoms with Crippen LogP contribution in [-0.2, 0) is 19.1 Å². The van der Waals surface area contributed by atoms with Crippen LogP contribution in [0.15, 0.2) is 0 Å². The van der Waals surface area contributed by atoms with Crippen molar-refractivity contribution in [2.24, 2.45) is 0 Å². The quantitative estimate of drug-likeness (QED) is 0.593. The first-order valence-electron chi connectivity index (χ1n) is 5.54. The molecule has 16 heavy (non-hydrogen) atoms. The molecule has 2 aliphatic rings. The largest absolute Gasteiger partial charge is 0.462 e. The third-order valence-corrected chi connectivity index (χ3v) is 2.73. The Labute approximate surface area is 93.7 Å². The molecule has 2 unspecified atom stereocenters. The van der Waals surface area contributed by atoms with Crippen molar-refractivity contribution < 1.29 is 19.1 Å². The van der Waals surface area contributed by atoms with Gasteiger partial charge in [-0.1, -0.05) is 0 Å². The van der Waals surface area contributed by atoms with Crippen molar-refractivity contribution in [1.29, 1.82) is 0 Å². The minimum Gasteiger partial charge on any atom is -0.462 e. The van der Waals surface area contributed by atoms with Gasteiger partial charge in [-0.25, -0.2) is 0 Å². The van der Waals surface area contributed by atoms with E-state index < -0.39 is 6.04 Å². The van der Waals surface area contributed by atoms with Crippen LogP contribution >= 0.6 is 0 Å². The molecule has 2 heterocycles. The lowest BCUT2D eigenvalue weighted by atomic mass is 10.2. The van der Waals surface area contributed by atoms with Crippen LogP contribution in [0.5, 0.6) is 0 Å². The summed E-state index contributed by atoms with van der Waals surface area (Å²) in [7, 11) is 0. The molecule has 2 fully saturated rings. The number of rotatable bonds is 3. The van der Waals surface area contributed by atoms with E-state index in [1.54, 1.807) is 0 Å². The monoisotopic (exact) mass is 228 g/mol. The Morgan fingerprint density at radius 2 is 2.44 bits per heavy atom. The number of hydrogen-bond donors (Lipinski definition) is 2. The fraction of sp³-hybridized carbons (Fsp3) is 0.800. The molecule has 0 spiro atoms. The maximum Gasteiger partial charge on any atom is 0.325 e. The lowest BCUT2D eigenvalue weighted by molar-refractivity contribution is -0.150. The van der Waals surface area contributed by atoms with Crippen LogP contribution in [-0.4, -0.2) is 50.3 Å². The standard InChI is InChI=1S/C10H16N2O4/c13-9-5-11-8(4-12-9)10(14)16-6-7-2-1-3-15-7/h7-8,11H,1-6H2,(H,12,13). The van der Waals surface area contributed by atoms with E-state index in [1.165, 1.54) is 0 Å². The average Bonchev–Trinajstić information content (AvgIpc) is 2.80. The fourth-order valence-electron chi connectivity index (χ4n) is 1.78. The zero-order valence-corrected chi connectivity index (χ0v) is 9.03. The second-order valence-corrected chi connectivity index (χ2v) is 4.00. The number of carbonyl (C=O) groups excluding carboxylic acids is 2. The number of carbonyl (C=O) groups is 2. The Balaban J connectivity index is 1.68. The van der Waals surface area contributed by atoms with Crippen molar-refractivity contribution in [2.75, 3.05) is 26.3 Å². The molecular formula is C10H16N2O4. The third-order valence-electron chi connectivity index (χ3n) is 2.73. The average molecular weight is 228 g/mol. The summed E-state index contributed by atoms with van der Waals surface area (Å²) in [4.78, 5) is 22.4. The van der Waals surface area contributed by atoms with Crippen LogP contribution in [0.4, 0.5) is 0 Å². The third kappa shape index (κ3) is 2.93. The minimum absolute atomic E-state index is 0.0436. The van der Waals surface area contributed by atoms with Crippen molar-refractivity contribution in [3.05, 3.63) is 0 Å². The Hall–Kier alpha value is -1.14. The highest BCUT2D eigenvalue weighted by Crippen LogP contribution is 2.12. The summed E-state index contributed by atoms with van der Waals surface area (Å²) in [6, 6.07) is -0.431. The van der Waals surface area contributed by atoms with Gasteiger partial charge in [-0.15, -0.1) is 0 Å². The molecule has 0 aromatic rings. The van der Waals surface area contributed by atoms with Gasteiger partial charge in [0.2, 0.25) is 5.91 Å². The van der Waals surface area contributed by atoms with Crippen molar-refractivity contribution >= 4 is 11.9 Å². The lowest BCUT2D eigenvalue weighted by Gasteiger charge is -2.22. The first-order valence-corrected chi connectivity index (χ1v) is 5.54. The number of piperazine rings is 1. The molecule has 2 aliphatic heterocycles. The smallest absolute Gasteiger partial charge is 0.325 e. The second kappa shape index (κ2) is 5.27. The normalized spacial score (nSPS) is 29.9. The van der Waals surface area contributed by atoms with Crippen molar-refractivity contribution in [3.8, 4) is 0 Å². The van der Waals surface area contributed by atoms with E-state index >= 15 is 0 Å². The number of ether oxygens (including phenoxy) is 2. The predicted octanol–water partition coefficient (Wildman–Crippen LogP) is -1.20. The molecule has 0 aromatic carbocycles. The summed E-state index contributed by atoms with van der Waals surface area (Å²) < 4.78 is 10.5. The van der Waals surface area contributed by atoms with Crippen LogP contribution < -0.4 is 10.6 Å². The molecule has 0 bridgehead atoms. The number of amides is 1. The molecule has 0 saturated carbocycles. The van der Waals surface area contributed by atoms with Gasteiger partial charge < -0.3 is 14.8 Å². The Morgan fingerprint density at radius 3 is 3.06 bits per heavy atom. The predicted molar refractivity (Wildman–Crippen MR) is 54.7 cm³/mol. The molecule has 2 N–H and O–H groups in total. The zero-order valence-electron chi connectivity index (χ0n) is 9.03. The van der Waals surface area contributed by atoms with Crippen LogP contribution in [0.1, 0.15) is 12.8 Å². The molecule has 2 saturated heterocycles. The van der Waals surface area contributed by atoms with Gasteiger partial charge in [0, 0.05) is 13.2 Å². The van der Waals surface area contributed by atoms with Gasteiger partial charge in [0.25, 0.3) is 0 Å². The fourth-order valence-corrected chi connectivity index (χ4v) is 1.78. The van der Waals surface area contributed by atoms with E-state index in [-0.39, 0.29) is 24.5 Å². The van der Waals surface area contributed by atoms with E-state index in [9.17, 15) is 9.59 Å². The summed E-state index contributed by atoms with van der Waals surface area (Å²) in [6.45, 7) is 1.52. The van der Waals surface area contributed by atoms with Crippen molar-refractivity contribution in [3.63, 3.8) is 0 Å². The molecule has 2 atom stereocenters. The summed E-state index contributed by atoms with van der Waals surface area (Å²) >= 11 is 0. The van der Waals surface area contributed by atoms with Gasteiger partial charge in [-0.05, 0) is 12.8 Å². The summed E-state index contributed by atoms with van der Waals surface area (Å²) in [6.07, 6.45) is 2.02. The first-order chi connectivity index (χ1) is 7.75. The maximum atomic E-state index is 11.6. The molecule has 6 heteroatoms. The summed E-state index contributed by atoms with van der Waals surface area (Å²) in [5.74, 6) is -0.418. The minimum atomic E-state index is -0.431. The maximum absolute atomic E-state index is 11.6. The number of esters is 1. The summed E-state index contributed by atoms with van der Waals surface area (Å²) in [5, 5.41) is 5.42. The molecule has 2 rings (SSSR count). The van der Waals surface area contributed by atoms with Crippen LogP contribution in [0.3, 0.4) is 0 Å². The van der Waals surface area contributed by atoms with Crippen molar-refractivity contribution in [1.82, 2.24) is 10.6 Å². The molecule has 90 valence electrons. The van der Waals surface area contributed by atoms with E-state index in [0.717, 1.165) is 19.4 Å². The Morgan fingerprint density at radius 1 is 1.56 bits per heavy atom. The Kier molecular flexibility index (Phi) is 3.74. The van der Waals surface area contributed by atoms with E-state index in [2.05, 4.69) is 10.6 Å². The Bertz CT molecular complexity index is 266. The van der Waals surface area contributed by atoms with Gasteiger partial charge in [0.1, 0.15) is 12.6 Å². The topological polar surface area (TPSA) is 76.7 Å². The SMILES string of the molecule is O=C1CNC(C(=O)OCC2CCCO2)CN1. The molecule has 1 amide bonds. The number of nitrogens with one attached hydrogen (secondary N) is 2. The lowest BCUT2D eigenvalue weighted by Crippen LogP contribution is -2.55. The van der Waals surface area contributed by atoms with Gasteiger partial charge in [-0.3, -0.25) is 14.9 Å². The second-order valence-electron chi connectivity index (χ2n) is 4.00. The first kappa shape index (κ1) is 11.3. The summed E-state index contributed by atoms with van der Waals surface area (Å²) in [5.41, 5.74) is 0.